The van der Waals surface area contributed by atoms with Gasteiger partial charge in [0.2, 0.25) is 11.8 Å². The van der Waals surface area contributed by atoms with E-state index in [-0.39, 0.29) is 49.0 Å². The molecule has 3 heterocycles. The van der Waals surface area contributed by atoms with Crippen LogP contribution in [0.25, 0.3) is 6.08 Å². The van der Waals surface area contributed by atoms with E-state index in [1.807, 2.05) is 6.08 Å². The standard InChI is InChI=1S/C41H37Cl2F3N4O8/c1-58-32-17-21(7-15-31(32)51)6-14-28-25-12-13-26-34(38(56)49(36(26)54)16-4-2-3-5-33(52)53)27(25)19-29-37(55)50(39(57)40(28,29)22-8-10-24(42)11-9-22)48-35-30(43)18-23(20-47-35)41(44,45)46/h6-12,14-15,17-18,20,26-29,34,51H,2-5,13,16,19H2,1H3,(H,47,48)(H,52,53)/t26-,27+,28-,29-,34-,40-/m0/s1. The molecule has 0 spiro atoms. The number of aromatic hydroxyl groups is 1. The van der Waals surface area contributed by atoms with Crippen LogP contribution < -0.4 is 10.2 Å². The Hall–Kier alpha value is -5.41. The molecule has 2 aromatic carbocycles. The molecule has 4 aliphatic rings. The van der Waals surface area contributed by atoms with E-state index >= 15 is 4.79 Å². The molecule has 2 saturated heterocycles. The molecule has 58 heavy (non-hydrogen) atoms. The number of benzene rings is 2. The number of allylic oxidation sites excluding steroid dienone is 3. The van der Waals surface area contributed by atoms with Crippen LogP contribution in [0.1, 0.15) is 55.2 Å². The summed E-state index contributed by atoms with van der Waals surface area (Å²) in [5, 5.41) is 19.8. The Morgan fingerprint density at radius 3 is 2.43 bits per heavy atom. The second-order valence-corrected chi connectivity index (χ2v) is 15.6. The number of hydrogen-bond acceptors (Lipinski definition) is 9. The molecule has 7 rings (SSSR count). The fourth-order valence-corrected chi connectivity index (χ4v) is 9.38. The third-order valence-corrected chi connectivity index (χ3v) is 12.2. The summed E-state index contributed by atoms with van der Waals surface area (Å²) < 4.78 is 45.8. The van der Waals surface area contributed by atoms with Crippen molar-refractivity contribution in [1.82, 2.24) is 14.9 Å². The molecule has 6 atom stereocenters. The number of phenols is 1. The monoisotopic (exact) mass is 840 g/mol. The number of aliphatic carboxylic acids is 1. The zero-order valence-corrected chi connectivity index (χ0v) is 32.4. The highest BCUT2D eigenvalue weighted by molar-refractivity contribution is 6.33. The minimum atomic E-state index is -4.76. The number of ether oxygens (including phenoxy) is 1. The summed E-state index contributed by atoms with van der Waals surface area (Å²) in [6.07, 6.45) is 2.43. The number of nitrogens with zero attached hydrogens (tertiary/aromatic N) is 3. The lowest BCUT2D eigenvalue weighted by atomic mass is 9.50. The van der Waals surface area contributed by atoms with E-state index in [2.05, 4.69) is 10.4 Å². The average Bonchev–Trinajstić information content (AvgIpc) is 3.55. The quantitative estimate of drug-likeness (QED) is 0.0958. The van der Waals surface area contributed by atoms with Gasteiger partial charge < -0.3 is 14.9 Å². The number of alkyl halides is 3. The molecule has 1 saturated carbocycles. The van der Waals surface area contributed by atoms with Gasteiger partial charge >= 0.3 is 12.1 Å². The minimum absolute atomic E-state index is 0.0369. The molecule has 3 N–H and O–H groups in total. The first-order valence-electron chi connectivity index (χ1n) is 18.5. The van der Waals surface area contributed by atoms with Crippen LogP contribution in [-0.2, 0) is 35.6 Å². The van der Waals surface area contributed by atoms with Crippen molar-refractivity contribution in [2.24, 2.45) is 29.6 Å². The number of phenolic OH excluding ortho intramolecular Hbond substituents is 1. The molecule has 3 fully saturated rings. The second kappa shape index (κ2) is 15.7. The minimum Gasteiger partial charge on any atom is -0.504 e. The number of halogens is 5. The molecular weight excluding hydrogens is 804 g/mol. The van der Waals surface area contributed by atoms with Crippen LogP contribution in [0.5, 0.6) is 11.5 Å². The molecule has 3 aromatic rings. The van der Waals surface area contributed by atoms with Crippen LogP contribution in [0.15, 0.2) is 72.5 Å². The van der Waals surface area contributed by atoms with E-state index in [0.717, 1.165) is 0 Å². The molecule has 0 unspecified atom stereocenters. The topological polar surface area (TPSA) is 166 Å². The third-order valence-electron chi connectivity index (χ3n) is 11.7. The van der Waals surface area contributed by atoms with Gasteiger partial charge in [-0.1, -0.05) is 71.6 Å². The first kappa shape index (κ1) is 40.8. The number of methoxy groups -OCH3 is 1. The van der Waals surface area contributed by atoms with E-state index in [4.69, 9.17) is 33.0 Å². The first-order valence-corrected chi connectivity index (χ1v) is 19.3. The van der Waals surface area contributed by atoms with Gasteiger partial charge in [-0.05, 0) is 73.1 Å². The van der Waals surface area contributed by atoms with Gasteiger partial charge in [-0.15, -0.1) is 0 Å². The van der Waals surface area contributed by atoms with Crippen molar-refractivity contribution >= 4 is 64.7 Å². The molecule has 17 heteroatoms. The average molecular weight is 842 g/mol. The van der Waals surface area contributed by atoms with Gasteiger partial charge in [-0.2, -0.15) is 18.2 Å². The number of pyridine rings is 1. The second-order valence-electron chi connectivity index (χ2n) is 14.8. The summed E-state index contributed by atoms with van der Waals surface area (Å²) in [5.41, 5.74) is 1.35. The van der Waals surface area contributed by atoms with Gasteiger partial charge in [0.1, 0.15) is 0 Å². The predicted octanol–water partition coefficient (Wildman–Crippen LogP) is 7.30. The van der Waals surface area contributed by atoms with E-state index in [0.29, 0.717) is 58.3 Å². The first-order chi connectivity index (χ1) is 27.6. The molecule has 0 bridgehead atoms. The molecule has 2 aliphatic carbocycles. The molecule has 4 amide bonds. The molecule has 1 aromatic heterocycles. The number of anilines is 1. The van der Waals surface area contributed by atoms with Crippen LogP contribution >= 0.6 is 23.2 Å². The van der Waals surface area contributed by atoms with Gasteiger partial charge in [0.15, 0.2) is 17.3 Å². The Bertz CT molecular complexity index is 2250. The number of imide groups is 2. The molecular formula is C41H37Cl2F3N4O8. The number of unbranched alkanes of at least 4 members (excludes halogenated alkanes) is 2. The number of hydrazine groups is 1. The van der Waals surface area contributed by atoms with Crippen molar-refractivity contribution in [1.29, 1.82) is 0 Å². The number of amides is 4. The number of likely N-dealkylation sites (tertiary alicyclic amines) is 1. The smallest absolute Gasteiger partial charge is 0.417 e. The highest BCUT2D eigenvalue weighted by Gasteiger charge is 2.69. The lowest BCUT2D eigenvalue weighted by Crippen LogP contribution is -2.54. The van der Waals surface area contributed by atoms with Crippen LogP contribution in [0.3, 0.4) is 0 Å². The summed E-state index contributed by atoms with van der Waals surface area (Å²) in [6.45, 7) is 0.104. The number of fused-ring (bicyclic) bond motifs is 4. The van der Waals surface area contributed by atoms with Crippen molar-refractivity contribution in [3.63, 3.8) is 0 Å². The summed E-state index contributed by atoms with van der Waals surface area (Å²) in [5.74, 6) is -7.95. The molecule has 304 valence electrons. The Balaban J connectivity index is 1.34. The zero-order chi connectivity index (χ0) is 41.7. The van der Waals surface area contributed by atoms with E-state index < -0.39 is 75.5 Å². The molecule has 0 radical (unpaired) electrons. The van der Waals surface area contributed by atoms with Gasteiger partial charge in [0.25, 0.3) is 11.8 Å². The molecule has 12 nitrogen and oxygen atoms in total. The maximum atomic E-state index is 15.2. The van der Waals surface area contributed by atoms with E-state index in [9.17, 15) is 37.5 Å². The van der Waals surface area contributed by atoms with Crippen LogP contribution in [-0.4, -0.2) is 68.4 Å². The molecule has 2 aliphatic heterocycles. The van der Waals surface area contributed by atoms with Crippen molar-refractivity contribution in [2.75, 3.05) is 19.1 Å². The Kier molecular flexibility index (Phi) is 11.1. The SMILES string of the molecule is COc1cc(C=C[C@H]2C3=CC[C@@H]4C(=O)N(CCCCCC(=O)O)C(=O)[C@@H]4[C@@H]3C[C@H]3C(=O)N(Nc4ncc(C(F)(F)F)cc4Cl)C(=O)[C@@]23c2ccc(Cl)cc2)ccc1O. The normalized spacial score (nSPS) is 25.5. The Morgan fingerprint density at radius 1 is 1.02 bits per heavy atom. The van der Waals surface area contributed by atoms with Gasteiger partial charge in [0, 0.05) is 30.1 Å². The van der Waals surface area contributed by atoms with Crippen LogP contribution in [0.2, 0.25) is 10.0 Å². The number of nitrogens with one attached hydrogen (secondary N) is 1. The van der Waals surface area contributed by atoms with Crippen LogP contribution in [0, 0.1) is 29.6 Å². The maximum absolute atomic E-state index is 15.2. The Morgan fingerprint density at radius 2 is 1.76 bits per heavy atom. The number of carboxylic acids is 1. The number of carboxylic acid groups (broad SMARTS) is 1. The lowest BCUT2D eigenvalue weighted by Gasteiger charge is -2.49. The highest BCUT2D eigenvalue weighted by atomic mass is 35.5. The van der Waals surface area contributed by atoms with Gasteiger partial charge in [-0.3, -0.25) is 34.3 Å². The number of aromatic nitrogens is 1. The van der Waals surface area contributed by atoms with Crippen molar-refractivity contribution in [3.05, 3.63) is 99.2 Å². The third kappa shape index (κ3) is 7.08. The summed E-state index contributed by atoms with van der Waals surface area (Å²) in [7, 11) is 1.39. The van der Waals surface area contributed by atoms with Gasteiger partial charge in [-0.25, -0.2) is 4.98 Å². The largest absolute Gasteiger partial charge is 0.504 e. The number of carbonyl (C=O) groups is 5. The van der Waals surface area contributed by atoms with Crippen LogP contribution in [0.4, 0.5) is 19.0 Å². The van der Waals surface area contributed by atoms with E-state index in [1.165, 1.54) is 18.1 Å². The fraction of sp³-hybridized carbons (Fsp3) is 0.366. The highest BCUT2D eigenvalue weighted by Crippen LogP contribution is 2.61. The predicted molar refractivity (Wildman–Crippen MR) is 204 cm³/mol. The summed E-state index contributed by atoms with van der Waals surface area (Å²) >= 11 is 12.6. The fourth-order valence-electron chi connectivity index (χ4n) is 9.04. The summed E-state index contributed by atoms with van der Waals surface area (Å²) in [6, 6.07) is 11.6. The summed E-state index contributed by atoms with van der Waals surface area (Å²) in [4.78, 5) is 74.1. The van der Waals surface area contributed by atoms with Crippen molar-refractivity contribution in [2.45, 2.75) is 50.1 Å². The zero-order valence-electron chi connectivity index (χ0n) is 30.8. The lowest BCUT2D eigenvalue weighted by molar-refractivity contribution is -0.141. The van der Waals surface area contributed by atoms with Crippen molar-refractivity contribution < 1.29 is 52.1 Å². The van der Waals surface area contributed by atoms with E-state index in [1.54, 1.807) is 48.6 Å². The Labute approximate surface area is 340 Å². The van der Waals surface area contributed by atoms with Crippen molar-refractivity contribution in [3.8, 4) is 11.5 Å². The number of hydrogen-bond donors (Lipinski definition) is 3. The maximum Gasteiger partial charge on any atom is 0.417 e. The number of rotatable bonds is 12. The number of carbonyl (C=O) groups excluding carboxylic acids is 4. The van der Waals surface area contributed by atoms with Gasteiger partial charge in [0.05, 0.1) is 40.9 Å².